The van der Waals surface area contributed by atoms with Gasteiger partial charge >= 0.3 is 12.3 Å². The quantitative estimate of drug-likeness (QED) is 0.457. The standard InChI is InChI=1S/C28H23F3N2O3/c29-28(30,31)26-9-10-32-13-24(26)17-11-18-14-35-15-19(12-17)33(18)27(34)36-16-25-22-7-3-1-5-20(22)21-6-2-4-8-23(21)25/h1-11,13,18-19,25H,12,14-16H2. The van der Waals surface area contributed by atoms with Crippen LogP contribution in [0.2, 0.25) is 0 Å². The summed E-state index contributed by atoms with van der Waals surface area (Å²) in [6.45, 7) is 0.618. The number of nitrogens with zero attached hydrogens (tertiary/aromatic N) is 2. The van der Waals surface area contributed by atoms with E-state index in [0.29, 0.717) is 5.57 Å². The van der Waals surface area contributed by atoms with Crippen molar-refractivity contribution in [3.05, 3.63) is 95.3 Å². The van der Waals surface area contributed by atoms with Crippen molar-refractivity contribution in [2.45, 2.75) is 30.6 Å². The summed E-state index contributed by atoms with van der Waals surface area (Å²) in [7, 11) is 0. The van der Waals surface area contributed by atoms with Crippen LogP contribution in [0.5, 0.6) is 0 Å². The number of halogens is 3. The van der Waals surface area contributed by atoms with Crippen LogP contribution in [0.1, 0.15) is 34.6 Å². The van der Waals surface area contributed by atoms with Crippen LogP contribution in [-0.4, -0.2) is 47.9 Å². The Hall–Kier alpha value is -3.65. The number of fused-ring (bicyclic) bond motifs is 5. The van der Waals surface area contributed by atoms with Gasteiger partial charge in [0.25, 0.3) is 0 Å². The van der Waals surface area contributed by atoms with Crippen molar-refractivity contribution in [2.24, 2.45) is 0 Å². The molecule has 1 amide bonds. The predicted molar refractivity (Wildman–Crippen MR) is 127 cm³/mol. The zero-order chi connectivity index (χ0) is 24.9. The van der Waals surface area contributed by atoms with E-state index in [1.165, 1.54) is 6.20 Å². The highest BCUT2D eigenvalue weighted by atomic mass is 19.4. The minimum Gasteiger partial charge on any atom is -0.448 e. The van der Waals surface area contributed by atoms with Crippen LogP contribution in [0.3, 0.4) is 0 Å². The second-order valence-electron chi connectivity index (χ2n) is 9.28. The molecular formula is C28H23F3N2O3. The minimum absolute atomic E-state index is 0.0501. The SMILES string of the molecule is O=C(OCC1c2ccccc2-c2ccccc21)N1C2C=C(c3cnccc3C(F)(F)F)CC1COC2. The van der Waals surface area contributed by atoms with Crippen molar-refractivity contribution in [3.8, 4) is 11.1 Å². The maximum Gasteiger partial charge on any atom is 0.417 e. The van der Waals surface area contributed by atoms with E-state index in [4.69, 9.17) is 9.47 Å². The first-order valence-electron chi connectivity index (χ1n) is 11.8. The second-order valence-corrected chi connectivity index (χ2v) is 9.28. The largest absolute Gasteiger partial charge is 0.448 e. The molecule has 1 aliphatic carbocycles. The fourth-order valence-corrected chi connectivity index (χ4v) is 5.65. The molecule has 0 N–H and O–H groups in total. The highest BCUT2D eigenvalue weighted by Gasteiger charge is 2.42. The molecule has 1 saturated heterocycles. The first kappa shape index (κ1) is 22.8. The molecule has 0 spiro atoms. The Balaban J connectivity index is 1.24. The number of amides is 1. The van der Waals surface area contributed by atoms with E-state index < -0.39 is 29.9 Å². The van der Waals surface area contributed by atoms with E-state index in [1.54, 1.807) is 11.0 Å². The van der Waals surface area contributed by atoms with Crippen molar-refractivity contribution in [1.82, 2.24) is 9.88 Å². The van der Waals surface area contributed by atoms with E-state index >= 15 is 0 Å². The first-order chi connectivity index (χ1) is 17.4. The Labute approximate surface area is 206 Å². The highest BCUT2D eigenvalue weighted by Crippen LogP contribution is 2.45. The number of benzene rings is 2. The van der Waals surface area contributed by atoms with Gasteiger partial charge in [-0.2, -0.15) is 13.2 Å². The number of rotatable bonds is 3. The van der Waals surface area contributed by atoms with Gasteiger partial charge in [0.1, 0.15) is 6.61 Å². The molecule has 3 aliphatic rings. The van der Waals surface area contributed by atoms with Crippen LogP contribution < -0.4 is 0 Å². The van der Waals surface area contributed by atoms with Gasteiger partial charge in [0.15, 0.2) is 0 Å². The van der Waals surface area contributed by atoms with Crippen molar-refractivity contribution >= 4 is 11.7 Å². The van der Waals surface area contributed by atoms with Gasteiger partial charge in [-0.1, -0.05) is 54.6 Å². The highest BCUT2D eigenvalue weighted by molar-refractivity contribution is 5.79. The Bertz CT molecular complexity index is 1310. The maximum absolute atomic E-state index is 13.6. The van der Waals surface area contributed by atoms with Gasteiger partial charge in [0.2, 0.25) is 0 Å². The summed E-state index contributed by atoms with van der Waals surface area (Å²) < 4.78 is 52.3. The third-order valence-corrected chi connectivity index (χ3v) is 7.22. The Morgan fingerprint density at radius 3 is 2.36 bits per heavy atom. The van der Waals surface area contributed by atoms with E-state index in [-0.39, 0.29) is 37.7 Å². The van der Waals surface area contributed by atoms with Crippen LogP contribution in [0.25, 0.3) is 16.7 Å². The number of carbonyl (C=O) groups is 1. The fraction of sp³-hybridized carbons (Fsp3) is 0.286. The van der Waals surface area contributed by atoms with Crippen LogP contribution >= 0.6 is 0 Å². The lowest BCUT2D eigenvalue weighted by molar-refractivity contribution is -0.137. The lowest BCUT2D eigenvalue weighted by Crippen LogP contribution is -2.56. The molecule has 0 saturated carbocycles. The summed E-state index contributed by atoms with van der Waals surface area (Å²) in [6.07, 6.45) is -0.669. The van der Waals surface area contributed by atoms with E-state index in [1.807, 2.05) is 24.3 Å². The van der Waals surface area contributed by atoms with E-state index in [0.717, 1.165) is 34.5 Å². The molecular weight excluding hydrogens is 469 g/mol. The molecule has 2 aliphatic heterocycles. The Morgan fingerprint density at radius 2 is 1.69 bits per heavy atom. The molecule has 3 aromatic rings. The molecule has 2 bridgehead atoms. The van der Waals surface area contributed by atoms with Crippen molar-refractivity contribution in [2.75, 3.05) is 19.8 Å². The normalized spacial score (nSPS) is 21.0. The number of aromatic nitrogens is 1. The topological polar surface area (TPSA) is 51.7 Å². The summed E-state index contributed by atoms with van der Waals surface area (Å²) in [4.78, 5) is 18.8. The zero-order valence-corrected chi connectivity index (χ0v) is 19.2. The molecule has 6 rings (SSSR count). The minimum atomic E-state index is -4.49. The lowest BCUT2D eigenvalue weighted by Gasteiger charge is -2.44. The summed E-state index contributed by atoms with van der Waals surface area (Å²) in [5.41, 5.74) is 4.37. The average Bonchev–Trinajstić information content (AvgIpc) is 3.20. The third-order valence-electron chi connectivity index (χ3n) is 7.22. The summed E-state index contributed by atoms with van der Waals surface area (Å²) in [5.74, 6) is -0.0712. The third kappa shape index (κ3) is 3.86. The molecule has 5 nitrogen and oxygen atoms in total. The van der Waals surface area contributed by atoms with Crippen LogP contribution in [0.15, 0.2) is 73.1 Å². The molecule has 1 fully saturated rings. The number of ether oxygens (including phenoxy) is 2. The van der Waals surface area contributed by atoms with Gasteiger partial charge in [-0.3, -0.25) is 9.88 Å². The molecule has 0 radical (unpaired) electrons. The summed E-state index contributed by atoms with van der Waals surface area (Å²) in [5, 5.41) is 0. The number of carbonyl (C=O) groups excluding carboxylic acids is 1. The number of pyridine rings is 1. The van der Waals surface area contributed by atoms with Crippen molar-refractivity contribution < 1.29 is 27.4 Å². The molecule has 184 valence electrons. The molecule has 8 heteroatoms. The summed E-state index contributed by atoms with van der Waals surface area (Å²) in [6, 6.07) is 16.3. The lowest BCUT2D eigenvalue weighted by atomic mass is 9.88. The number of hydrogen-bond donors (Lipinski definition) is 0. The van der Waals surface area contributed by atoms with E-state index in [9.17, 15) is 18.0 Å². The van der Waals surface area contributed by atoms with Crippen LogP contribution in [0.4, 0.5) is 18.0 Å². The van der Waals surface area contributed by atoms with Crippen LogP contribution in [0, 0.1) is 0 Å². The molecule has 2 aromatic carbocycles. The van der Waals surface area contributed by atoms with Crippen molar-refractivity contribution in [3.63, 3.8) is 0 Å². The Morgan fingerprint density at radius 1 is 1.00 bits per heavy atom. The number of morpholine rings is 1. The molecule has 1 aromatic heterocycles. The average molecular weight is 492 g/mol. The fourth-order valence-electron chi connectivity index (χ4n) is 5.65. The second kappa shape index (κ2) is 8.78. The van der Waals surface area contributed by atoms with Gasteiger partial charge in [-0.25, -0.2) is 4.79 Å². The van der Waals surface area contributed by atoms with Gasteiger partial charge in [0, 0.05) is 23.9 Å². The smallest absolute Gasteiger partial charge is 0.417 e. The predicted octanol–water partition coefficient (Wildman–Crippen LogP) is 5.91. The van der Waals surface area contributed by atoms with Crippen LogP contribution in [-0.2, 0) is 15.7 Å². The molecule has 3 heterocycles. The van der Waals surface area contributed by atoms with Crippen molar-refractivity contribution in [1.29, 1.82) is 0 Å². The van der Waals surface area contributed by atoms with Gasteiger partial charge in [-0.05, 0) is 40.3 Å². The number of alkyl halides is 3. The molecule has 36 heavy (non-hydrogen) atoms. The maximum atomic E-state index is 13.6. The Kier molecular flexibility index (Phi) is 5.56. The zero-order valence-electron chi connectivity index (χ0n) is 19.2. The number of hydrogen-bond acceptors (Lipinski definition) is 4. The van der Waals surface area contributed by atoms with Gasteiger partial charge in [0.05, 0.1) is 30.9 Å². The molecule has 2 atom stereocenters. The van der Waals surface area contributed by atoms with Gasteiger partial charge < -0.3 is 9.47 Å². The first-order valence-corrected chi connectivity index (χ1v) is 11.8. The van der Waals surface area contributed by atoms with E-state index in [2.05, 4.69) is 29.2 Å². The monoisotopic (exact) mass is 492 g/mol. The van der Waals surface area contributed by atoms with Gasteiger partial charge in [-0.15, -0.1) is 0 Å². The summed E-state index contributed by atoms with van der Waals surface area (Å²) >= 11 is 0. The molecule has 2 unspecified atom stereocenters.